The average Bonchev–Trinajstić information content (AvgIpc) is 2.97. The molecule has 0 saturated heterocycles. The minimum absolute atomic E-state index is 0.154. The minimum Gasteiger partial charge on any atom is -0.361 e. The van der Waals surface area contributed by atoms with Crippen LogP contribution in [0.3, 0.4) is 0 Å². The van der Waals surface area contributed by atoms with Crippen LogP contribution in [0.15, 0.2) is 16.0 Å². The molecule has 2 N–H and O–H groups in total. The standard InChI is InChI=1S/C11H14N4O2S/c1-6-4-8(15-17-6)10(16)14-11-13-9(5-18-11)7(2)12-3/h4-5,7,12H,1-3H3,(H,13,14,16). The third-order valence-electron chi connectivity index (χ3n) is 2.48. The Morgan fingerprint density at radius 3 is 2.94 bits per heavy atom. The number of carbonyl (C=O) groups is 1. The van der Waals surface area contributed by atoms with Gasteiger partial charge in [0, 0.05) is 17.5 Å². The van der Waals surface area contributed by atoms with Crippen LogP contribution in [0.4, 0.5) is 5.13 Å². The van der Waals surface area contributed by atoms with Crippen LogP contribution in [0, 0.1) is 6.92 Å². The van der Waals surface area contributed by atoms with Gasteiger partial charge in [-0.3, -0.25) is 10.1 Å². The van der Waals surface area contributed by atoms with Gasteiger partial charge in [0.2, 0.25) is 0 Å². The summed E-state index contributed by atoms with van der Waals surface area (Å²) in [5, 5.41) is 11.9. The average molecular weight is 266 g/mol. The molecule has 2 aromatic heterocycles. The number of rotatable bonds is 4. The molecule has 6 nitrogen and oxygen atoms in total. The highest BCUT2D eigenvalue weighted by atomic mass is 32.1. The van der Waals surface area contributed by atoms with E-state index in [1.165, 1.54) is 11.3 Å². The molecule has 1 atom stereocenters. The van der Waals surface area contributed by atoms with E-state index in [2.05, 4.69) is 20.8 Å². The van der Waals surface area contributed by atoms with Crippen molar-refractivity contribution < 1.29 is 9.32 Å². The van der Waals surface area contributed by atoms with Gasteiger partial charge >= 0.3 is 0 Å². The van der Waals surface area contributed by atoms with Crippen molar-refractivity contribution in [2.24, 2.45) is 0 Å². The molecule has 0 saturated carbocycles. The summed E-state index contributed by atoms with van der Waals surface area (Å²) in [5.41, 5.74) is 1.15. The summed E-state index contributed by atoms with van der Waals surface area (Å²) in [5.74, 6) is 0.286. The maximum atomic E-state index is 11.8. The summed E-state index contributed by atoms with van der Waals surface area (Å²) in [7, 11) is 1.86. The number of aromatic nitrogens is 2. The van der Waals surface area contributed by atoms with Gasteiger partial charge in [-0.15, -0.1) is 11.3 Å². The molecule has 0 aromatic carbocycles. The van der Waals surface area contributed by atoms with Crippen LogP contribution in [0.25, 0.3) is 0 Å². The van der Waals surface area contributed by atoms with E-state index in [-0.39, 0.29) is 17.6 Å². The first-order valence-electron chi connectivity index (χ1n) is 5.47. The molecule has 0 aliphatic rings. The third-order valence-corrected chi connectivity index (χ3v) is 3.26. The van der Waals surface area contributed by atoms with Gasteiger partial charge in [0.1, 0.15) is 5.76 Å². The Balaban J connectivity index is 2.05. The van der Waals surface area contributed by atoms with Crippen LogP contribution < -0.4 is 10.6 Å². The number of nitrogens with zero attached hydrogens (tertiary/aromatic N) is 2. The summed E-state index contributed by atoms with van der Waals surface area (Å²) in [4.78, 5) is 16.1. The first-order chi connectivity index (χ1) is 8.60. The van der Waals surface area contributed by atoms with E-state index in [0.29, 0.717) is 10.9 Å². The summed E-state index contributed by atoms with van der Waals surface area (Å²) < 4.78 is 4.85. The molecule has 1 unspecified atom stereocenters. The minimum atomic E-state index is -0.315. The Morgan fingerprint density at radius 1 is 1.56 bits per heavy atom. The molecule has 2 rings (SSSR count). The molecule has 0 aliphatic carbocycles. The smallest absolute Gasteiger partial charge is 0.279 e. The first kappa shape index (κ1) is 12.7. The van der Waals surface area contributed by atoms with Crippen molar-refractivity contribution >= 4 is 22.4 Å². The van der Waals surface area contributed by atoms with Crippen molar-refractivity contribution in [1.82, 2.24) is 15.5 Å². The lowest BCUT2D eigenvalue weighted by Gasteiger charge is -2.04. The van der Waals surface area contributed by atoms with Gasteiger partial charge in [-0.2, -0.15) is 0 Å². The summed E-state index contributed by atoms with van der Waals surface area (Å²) >= 11 is 1.38. The first-order valence-corrected chi connectivity index (χ1v) is 6.35. The number of anilines is 1. The Morgan fingerprint density at radius 2 is 2.33 bits per heavy atom. The lowest BCUT2D eigenvalue weighted by Crippen LogP contribution is -2.14. The number of thiazole rings is 1. The van der Waals surface area contributed by atoms with Crippen molar-refractivity contribution in [3.05, 3.63) is 28.6 Å². The van der Waals surface area contributed by atoms with E-state index in [1.54, 1.807) is 13.0 Å². The van der Waals surface area contributed by atoms with Crippen LogP contribution in [0.1, 0.15) is 34.9 Å². The van der Waals surface area contributed by atoms with Gasteiger partial charge in [0.15, 0.2) is 10.8 Å². The van der Waals surface area contributed by atoms with Crippen LogP contribution >= 0.6 is 11.3 Å². The molecule has 7 heteroatoms. The van der Waals surface area contributed by atoms with Crippen molar-refractivity contribution in [1.29, 1.82) is 0 Å². The molecule has 2 heterocycles. The van der Waals surface area contributed by atoms with E-state index in [4.69, 9.17) is 4.52 Å². The second kappa shape index (κ2) is 5.28. The van der Waals surface area contributed by atoms with Gasteiger partial charge in [-0.05, 0) is 20.9 Å². The second-order valence-electron chi connectivity index (χ2n) is 3.86. The number of amides is 1. The molecule has 18 heavy (non-hydrogen) atoms. The maximum Gasteiger partial charge on any atom is 0.279 e. The van der Waals surface area contributed by atoms with E-state index >= 15 is 0 Å². The monoisotopic (exact) mass is 266 g/mol. The summed E-state index contributed by atoms with van der Waals surface area (Å²) in [6, 6.07) is 1.74. The fourth-order valence-corrected chi connectivity index (χ4v) is 2.12. The summed E-state index contributed by atoms with van der Waals surface area (Å²) in [6.45, 7) is 3.74. The largest absolute Gasteiger partial charge is 0.361 e. The van der Waals surface area contributed by atoms with Crippen molar-refractivity contribution in [2.75, 3.05) is 12.4 Å². The van der Waals surface area contributed by atoms with Crippen LogP contribution in [-0.2, 0) is 0 Å². The quantitative estimate of drug-likeness (QED) is 0.884. The Hall–Kier alpha value is -1.73. The molecule has 0 aliphatic heterocycles. The summed E-state index contributed by atoms with van der Waals surface area (Å²) in [6.07, 6.45) is 0. The van der Waals surface area contributed by atoms with Crippen molar-refractivity contribution in [2.45, 2.75) is 19.9 Å². The normalized spacial score (nSPS) is 12.4. The number of hydrogen-bond donors (Lipinski definition) is 2. The van der Waals surface area contributed by atoms with E-state index in [1.807, 2.05) is 19.4 Å². The van der Waals surface area contributed by atoms with Gasteiger partial charge < -0.3 is 9.84 Å². The van der Waals surface area contributed by atoms with Crippen LogP contribution in [0.5, 0.6) is 0 Å². The van der Waals surface area contributed by atoms with E-state index in [0.717, 1.165) is 5.69 Å². The zero-order valence-corrected chi connectivity index (χ0v) is 11.2. The highest BCUT2D eigenvalue weighted by Gasteiger charge is 2.14. The molecular formula is C11H14N4O2S. The molecule has 0 radical (unpaired) electrons. The SMILES string of the molecule is CNC(C)c1csc(NC(=O)c2cc(C)on2)n1. The number of carbonyl (C=O) groups excluding carboxylic acids is 1. The van der Waals surface area contributed by atoms with Gasteiger partial charge in [0.05, 0.1) is 5.69 Å². The highest BCUT2D eigenvalue weighted by molar-refractivity contribution is 7.14. The Kier molecular flexibility index (Phi) is 3.73. The lowest BCUT2D eigenvalue weighted by atomic mass is 10.3. The molecule has 1 amide bonds. The van der Waals surface area contributed by atoms with Gasteiger partial charge in [0.25, 0.3) is 5.91 Å². The number of nitrogens with one attached hydrogen (secondary N) is 2. The van der Waals surface area contributed by atoms with E-state index < -0.39 is 0 Å². The maximum absolute atomic E-state index is 11.8. The molecule has 2 aromatic rings. The second-order valence-corrected chi connectivity index (χ2v) is 4.72. The van der Waals surface area contributed by atoms with Crippen molar-refractivity contribution in [3.63, 3.8) is 0 Å². The molecule has 96 valence electrons. The van der Waals surface area contributed by atoms with Crippen LogP contribution in [-0.4, -0.2) is 23.1 Å². The van der Waals surface area contributed by atoms with Gasteiger partial charge in [-0.25, -0.2) is 4.98 Å². The predicted molar refractivity (Wildman–Crippen MR) is 68.8 cm³/mol. The molecular weight excluding hydrogens is 252 g/mol. The van der Waals surface area contributed by atoms with Crippen molar-refractivity contribution in [3.8, 4) is 0 Å². The molecule has 0 spiro atoms. The zero-order chi connectivity index (χ0) is 13.1. The topological polar surface area (TPSA) is 80.0 Å². The Bertz CT molecular complexity index is 549. The van der Waals surface area contributed by atoms with Gasteiger partial charge in [-0.1, -0.05) is 5.16 Å². The Labute approximate surface area is 108 Å². The third kappa shape index (κ3) is 2.74. The molecule has 0 bridgehead atoms. The lowest BCUT2D eigenvalue weighted by molar-refractivity contribution is 0.101. The van der Waals surface area contributed by atoms with Crippen LogP contribution in [0.2, 0.25) is 0 Å². The fraction of sp³-hybridized carbons (Fsp3) is 0.364. The predicted octanol–water partition coefficient (Wildman–Crippen LogP) is 1.97. The molecule has 0 fully saturated rings. The fourth-order valence-electron chi connectivity index (χ4n) is 1.32. The highest BCUT2D eigenvalue weighted by Crippen LogP contribution is 2.20. The zero-order valence-electron chi connectivity index (χ0n) is 10.4. The van der Waals surface area contributed by atoms with E-state index in [9.17, 15) is 4.79 Å². The number of hydrogen-bond acceptors (Lipinski definition) is 6. The number of aryl methyl sites for hydroxylation is 1.